The Labute approximate surface area is 205 Å². The van der Waals surface area contributed by atoms with Gasteiger partial charge in [-0.3, -0.25) is 0 Å². The van der Waals surface area contributed by atoms with Crippen molar-refractivity contribution >= 4 is 5.78 Å². The smallest absolute Gasteiger partial charge is 0.129 e. The summed E-state index contributed by atoms with van der Waals surface area (Å²) in [6.45, 7) is 35.8. The van der Waals surface area contributed by atoms with E-state index in [9.17, 15) is 4.79 Å². The first-order chi connectivity index (χ1) is 14.8. The minimum atomic E-state index is -0.0389. The number of carbonyl (C=O) groups is 1. The van der Waals surface area contributed by atoms with Gasteiger partial charge in [0.1, 0.15) is 5.78 Å². The maximum Gasteiger partial charge on any atom is 0.129 e. The van der Waals surface area contributed by atoms with Gasteiger partial charge >= 0.3 is 0 Å². The average molecular weight is 460 g/mol. The lowest BCUT2D eigenvalue weighted by molar-refractivity contribution is -0.117. The number of ketones is 1. The first-order valence-corrected chi connectivity index (χ1v) is 12.5. The highest BCUT2D eigenvalue weighted by atomic mass is 16.1. The highest BCUT2D eigenvalue weighted by Crippen LogP contribution is 2.61. The molecule has 0 aromatic heterocycles. The number of hydrogen-bond donors (Lipinski definition) is 2. The number of likely N-dealkylation sites (N-methyl/N-ethyl adjacent to an activating group) is 1. The maximum absolute atomic E-state index is 11.6. The molecule has 4 atom stereocenters. The Balaban J connectivity index is 2.88. The topological polar surface area (TPSA) is 44.4 Å². The molecule has 1 aliphatic rings. The predicted octanol–water partition coefficient (Wildman–Crippen LogP) is 6.52. The van der Waals surface area contributed by atoms with Crippen LogP contribution in [0, 0.1) is 28.1 Å². The van der Waals surface area contributed by atoms with Crippen LogP contribution in [0.5, 0.6) is 0 Å². The summed E-state index contributed by atoms with van der Waals surface area (Å²) >= 11 is 0. The number of hydrogen-bond acceptors (Lipinski definition) is 4. The van der Waals surface area contributed by atoms with E-state index in [0.717, 1.165) is 30.9 Å². The molecule has 0 aliphatic heterocycles. The minimum Gasteiger partial charge on any atom is -0.376 e. The number of nitrogens with zero attached hydrogens (tertiary/aromatic N) is 1. The van der Waals surface area contributed by atoms with Crippen molar-refractivity contribution in [2.45, 2.75) is 101 Å². The molecule has 2 N–H and O–H groups in total. The average Bonchev–Trinajstić information content (AvgIpc) is 3.11. The summed E-state index contributed by atoms with van der Waals surface area (Å²) < 4.78 is 0. The molecule has 0 bridgehead atoms. The molecular formula is C29H53N3O. The molecule has 0 aromatic rings. The van der Waals surface area contributed by atoms with Crippen molar-refractivity contribution in [2.24, 2.45) is 28.1 Å². The Morgan fingerprint density at radius 3 is 1.94 bits per heavy atom. The standard InChI is InChI=1S/C29H53N3O/c1-19(2)17-23-24(29(23,12)13)18-32(14)21(4)26(28(9,10)11)31-22(5)30-25(27(6,7)8)16-15-20(3)33/h23-26,30-31H,1,4-5,15-18H2,2-3,6-14H3/t23-,24+,25-,26?/m1/s1. The van der Waals surface area contributed by atoms with Gasteiger partial charge in [0.05, 0.1) is 11.9 Å². The molecule has 0 amide bonds. The molecule has 1 fully saturated rings. The van der Waals surface area contributed by atoms with Crippen LogP contribution in [0.2, 0.25) is 0 Å². The molecule has 0 spiro atoms. The van der Waals surface area contributed by atoms with E-state index in [1.54, 1.807) is 6.92 Å². The van der Waals surface area contributed by atoms with Crippen LogP contribution in [0.1, 0.15) is 88.5 Å². The summed E-state index contributed by atoms with van der Waals surface area (Å²) in [5.74, 6) is 2.35. The van der Waals surface area contributed by atoms with Gasteiger partial charge in [0.15, 0.2) is 0 Å². The second-order valence-corrected chi connectivity index (χ2v) is 13.3. The summed E-state index contributed by atoms with van der Waals surface area (Å²) in [5.41, 5.74) is 2.68. The molecular weight excluding hydrogens is 406 g/mol. The normalized spacial score (nSPS) is 21.5. The van der Waals surface area contributed by atoms with E-state index in [1.807, 2.05) is 0 Å². The molecule has 0 saturated heterocycles. The summed E-state index contributed by atoms with van der Waals surface area (Å²) in [7, 11) is 2.16. The van der Waals surface area contributed by atoms with Crippen LogP contribution < -0.4 is 10.6 Å². The number of nitrogens with one attached hydrogen (secondary N) is 2. The van der Waals surface area contributed by atoms with Crippen molar-refractivity contribution < 1.29 is 4.79 Å². The zero-order valence-corrected chi connectivity index (χ0v) is 23.6. The van der Waals surface area contributed by atoms with E-state index in [2.05, 4.69) is 105 Å². The fourth-order valence-corrected chi connectivity index (χ4v) is 4.93. The minimum absolute atomic E-state index is 0.0148. The molecule has 0 radical (unpaired) electrons. The molecule has 33 heavy (non-hydrogen) atoms. The lowest BCUT2D eigenvalue weighted by Gasteiger charge is -2.40. The molecule has 1 unspecified atom stereocenters. The van der Waals surface area contributed by atoms with Crippen LogP contribution in [0.3, 0.4) is 0 Å². The van der Waals surface area contributed by atoms with Crippen molar-refractivity contribution in [2.75, 3.05) is 13.6 Å². The van der Waals surface area contributed by atoms with Crippen molar-refractivity contribution in [1.82, 2.24) is 15.5 Å². The SMILES string of the molecule is C=C(C)C[C@@H]1[C@H](CN(C)C(=C)C(NC(=C)N[C@H](CCC(C)=O)C(C)(C)C)C(C)(C)C)C1(C)C. The van der Waals surface area contributed by atoms with Gasteiger partial charge in [0.2, 0.25) is 0 Å². The van der Waals surface area contributed by atoms with E-state index >= 15 is 0 Å². The van der Waals surface area contributed by atoms with Crippen LogP contribution in [-0.4, -0.2) is 36.4 Å². The molecule has 1 aliphatic carbocycles. The van der Waals surface area contributed by atoms with Gasteiger partial charge in [-0.05, 0) is 54.8 Å². The highest BCUT2D eigenvalue weighted by molar-refractivity contribution is 5.75. The summed E-state index contributed by atoms with van der Waals surface area (Å²) in [4.78, 5) is 13.9. The number of Topliss-reactive ketones (excluding diaryl/α,β-unsaturated/α-hetero) is 1. The van der Waals surface area contributed by atoms with Crippen LogP contribution in [0.4, 0.5) is 0 Å². The van der Waals surface area contributed by atoms with E-state index < -0.39 is 0 Å². The lowest BCUT2D eigenvalue weighted by atomic mass is 9.83. The zero-order valence-electron chi connectivity index (χ0n) is 23.6. The largest absolute Gasteiger partial charge is 0.376 e. The zero-order chi connectivity index (χ0) is 25.9. The Bertz CT molecular complexity index is 735. The van der Waals surface area contributed by atoms with E-state index in [1.165, 1.54) is 5.57 Å². The second-order valence-electron chi connectivity index (χ2n) is 13.3. The summed E-state index contributed by atoms with van der Waals surface area (Å²) in [6.07, 6.45) is 2.47. The van der Waals surface area contributed by atoms with Crippen molar-refractivity contribution in [1.29, 1.82) is 0 Å². The molecule has 1 saturated carbocycles. The molecule has 1 rings (SSSR count). The van der Waals surface area contributed by atoms with Crippen LogP contribution in [0.15, 0.2) is 36.8 Å². The van der Waals surface area contributed by atoms with Crippen LogP contribution in [0.25, 0.3) is 0 Å². The highest BCUT2D eigenvalue weighted by Gasteiger charge is 2.57. The van der Waals surface area contributed by atoms with Gasteiger partial charge < -0.3 is 20.3 Å². The Hall–Kier alpha value is -1.71. The molecule has 0 heterocycles. The van der Waals surface area contributed by atoms with Gasteiger partial charge in [0.25, 0.3) is 0 Å². The van der Waals surface area contributed by atoms with Gasteiger partial charge in [-0.15, -0.1) is 6.58 Å². The molecule has 190 valence electrons. The van der Waals surface area contributed by atoms with Gasteiger partial charge in [-0.25, -0.2) is 0 Å². The van der Waals surface area contributed by atoms with E-state index in [4.69, 9.17) is 0 Å². The number of allylic oxidation sites excluding steroid dienone is 1. The number of rotatable bonds is 13. The second kappa shape index (κ2) is 10.7. The van der Waals surface area contributed by atoms with Gasteiger partial charge in [-0.1, -0.05) is 74.1 Å². The van der Waals surface area contributed by atoms with Gasteiger partial charge in [0, 0.05) is 31.8 Å². The Morgan fingerprint density at radius 2 is 1.52 bits per heavy atom. The fraction of sp³-hybridized carbons (Fsp3) is 0.759. The van der Waals surface area contributed by atoms with Crippen LogP contribution in [-0.2, 0) is 4.79 Å². The summed E-state index contributed by atoms with van der Waals surface area (Å²) in [5, 5.41) is 7.22. The summed E-state index contributed by atoms with van der Waals surface area (Å²) in [6, 6.07) is 0.195. The van der Waals surface area contributed by atoms with E-state index in [0.29, 0.717) is 23.7 Å². The molecule has 4 nitrogen and oxygen atoms in total. The third-order valence-corrected chi connectivity index (χ3v) is 7.51. The maximum atomic E-state index is 11.6. The van der Waals surface area contributed by atoms with Gasteiger partial charge in [-0.2, -0.15) is 0 Å². The molecule has 0 aromatic carbocycles. The quantitative estimate of drug-likeness (QED) is 0.308. The third-order valence-electron chi connectivity index (χ3n) is 7.51. The first-order valence-electron chi connectivity index (χ1n) is 12.5. The third kappa shape index (κ3) is 8.54. The Morgan fingerprint density at radius 1 is 0.970 bits per heavy atom. The van der Waals surface area contributed by atoms with Crippen molar-refractivity contribution in [3.05, 3.63) is 36.8 Å². The van der Waals surface area contributed by atoms with Crippen molar-refractivity contribution in [3.63, 3.8) is 0 Å². The molecule has 4 heteroatoms. The Kier molecular flexibility index (Phi) is 9.50. The monoisotopic (exact) mass is 459 g/mol. The fourth-order valence-electron chi connectivity index (χ4n) is 4.93. The first kappa shape index (κ1) is 29.3. The lowest BCUT2D eigenvalue weighted by Crippen LogP contribution is -2.50. The van der Waals surface area contributed by atoms with E-state index in [-0.39, 0.29) is 28.7 Å². The predicted molar refractivity (Wildman–Crippen MR) is 144 cm³/mol. The van der Waals surface area contributed by atoms with Crippen LogP contribution >= 0.6 is 0 Å². The van der Waals surface area contributed by atoms with Crippen molar-refractivity contribution in [3.8, 4) is 0 Å². The number of carbonyl (C=O) groups excluding carboxylic acids is 1.